The summed E-state index contributed by atoms with van der Waals surface area (Å²) in [6.45, 7) is 9.82. The number of amides is 5. The summed E-state index contributed by atoms with van der Waals surface area (Å²) in [4.78, 5) is 109. The van der Waals surface area contributed by atoms with E-state index in [2.05, 4.69) is 57.1 Å². The van der Waals surface area contributed by atoms with Crippen LogP contribution in [0.4, 0.5) is 22.7 Å². The second-order valence-corrected chi connectivity index (χ2v) is 23.3. The number of aliphatic imine (C=N–C) groups is 2. The molecule has 0 radical (unpaired) electrons. The number of nitrogens with zero attached hydrogens (tertiary/aromatic N) is 6. The third-order valence-electron chi connectivity index (χ3n) is 16.9. The number of rotatable bonds is 25. The number of unbranched alkanes of at least 4 members (excludes halogenated alkanes) is 4. The molecule has 20 nitrogen and oxygen atoms in total. The second-order valence-electron chi connectivity index (χ2n) is 23.3. The summed E-state index contributed by atoms with van der Waals surface area (Å²) in [5.41, 5.74) is 7.37. The SMILES string of the molecule is COc1cc2c(cc1OCCCOc1cc3c(cc1OC)C(=O)N1C=C(c4ccc(N5CCN(C)CC5)cc4)C[C@H]1C=N3)N=C[C@@H]1CC(c3ccc(NC(=O)C(C)NC(=O)[C@@H](NC(=O)CCCCCCCC4C(=O)C=CC4=O)C(C)C)cc3)=CN1C2=O. The van der Waals surface area contributed by atoms with E-state index in [0.717, 1.165) is 74.1 Å². The van der Waals surface area contributed by atoms with Gasteiger partial charge in [0.15, 0.2) is 34.6 Å². The fourth-order valence-corrected chi connectivity index (χ4v) is 11.7. The molecular formula is C67H77N9O11. The highest BCUT2D eigenvalue weighted by molar-refractivity contribution is 6.18. The number of hydrogen-bond acceptors (Lipinski definition) is 15. The topological polar surface area (TPSA) is 230 Å². The van der Waals surface area contributed by atoms with Gasteiger partial charge in [-0.2, -0.15) is 0 Å². The highest BCUT2D eigenvalue weighted by Crippen LogP contribution is 2.42. The van der Waals surface area contributed by atoms with Crippen LogP contribution in [0, 0.1) is 11.8 Å². The summed E-state index contributed by atoms with van der Waals surface area (Å²) in [5, 5.41) is 8.44. The van der Waals surface area contributed by atoms with Crippen LogP contribution in [-0.2, 0) is 24.0 Å². The van der Waals surface area contributed by atoms with Gasteiger partial charge in [-0.15, -0.1) is 0 Å². The van der Waals surface area contributed by atoms with Crippen LogP contribution in [0.2, 0.25) is 0 Å². The molecule has 5 aliphatic heterocycles. The molecule has 4 aromatic carbocycles. The maximum atomic E-state index is 14.2. The number of ether oxygens (including phenoxy) is 4. The summed E-state index contributed by atoms with van der Waals surface area (Å²) in [5.74, 6) is -0.907. The van der Waals surface area contributed by atoms with Crippen LogP contribution < -0.4 is 39.8 Å². The first-order chi connectivity index (χ1) is 42.0. The van der Waals surface area contributed by atoms with Gasteiger partial charge in [-0.25, -0.2) is 0 Å². The molecule has 0 saturated carbocycles. The van der Waals surface area contributed by atoms with E-state index in [9.17, 15) is 33.6 Å². The van der Waals surface area contributed by atoms with Gasteiger partial charge in [0, 0.05) is 100 Å². The summed E-state index contributed by atoms with van der Waals surface area (Å²) >= 11 is 0. The van der Waals surface area contributed by atoms with E-state index >= 15 is 0 Å². The lowest BCUT2D eigenvalue weighted by Gasteiger charge is -2.34. The van der Waals surface area contributed by atoms with E-state index in [1.54, 1.807) is 59.3 Å². The fourth-order valence-electron chi connectivity index (χ4n) is 11.7. The van der Waals surface area contributed by atoms with Crippen molar-refractivity contribution in [3.05, 3.63) is 120 Å². The van der Waals surface area contributed by atoms with Gasteiger partial charge in [-0.05, 0) is 104 Å². The third kappa shape index (κ3) is 14.3. The van der Waals surface area contributed by atoms with E-state index in [-0.39, 0.29) is 66.9 Å². The number of nitrogens with one attached hydrogen (secondary N) is 3. The fraction of sp³-hybridized carbons (Fsp3) is 0.418. The number of hydrogen-bond donors (Lipinski definition) is 3. The van der Waals surface area contributed by atoms with Crippen molar-refractivity contribution in [3.8, 4) is 23.0 Å². The van der Waals surface area contributed by atoms with Crippen LogP contribution in [0.15, 0.2) is 107 Å². The van der Waals surface area contributed by atoms with Gasteiger partial charge < -0.3 is 54.5 Å². The Morgan fingerprint density at radius 2 is 1.13 bits per heavy atom. The van der Waals surface area contributed by atoms with Crippen molar-refractivity contribution in [2.45, 2.75) is 109 Å². The lowest BCUT2D eigenvalue weighted by atomic mass is 9.96. The first-order valence-corrected chi connectivity index (χ1v) is 30.2. The van der Waals surface area contributed by atoms with Crippen molar-refractivity contribution in [3.63, 3.8) is 0 Å². The lowest BCUT2D eigenvalue weighted by Crippen LogP contribution is -2.53. The van der Waals surface area contributed by atoms with Crippen LogP contribution in [0.25, 0.3) is 11.1 Å². The summed E-state index contributed by atoms with van der Waals surface area (Å²) < 4.78 is 23.8. The van der Waals surface area contributed by atoms with Gasteiger partial charge in [-0.1, -0.05) is 63.8 Å². The number of benzene rings is 4. The highest BCUT2D eigenvalue weighted by atomic mass is 16.5. The standard InChI is InChI=1S/C67H77N9O11/c1-41(2)63(72-62(79)14-11-9-7-8-10-13-51-56(77)23-24-57(51)78)65(81)70-42(3)64(80)71-47-19-15-43(16-20-47)45-31-49-37-68-54-35-60(58(84-5)33-52(54)66(82)75(49)39-45)86-29-12-30-87-61-36-55-53(34-59(61)85-6)67(83)76-40-46(32-50(76)38-69-55)44-17-21-48(22-18-44)74-27-25-73(4)26-28-74/h15-24,33-42,49-51,63H,7-14,25-32H2,1-6H3,(H,70,81)(H,71,80)(H,72,79)/t42?,49-,50-,63-/m0/s1. The van der Waals surface area contributed by atoms with Crippen LogP contribution in [0.5, 0.6) is 23.0 Å². The Labute approximate surface area is 507 Å². The molecule has 4 aromatic rings. The molecule has 1 saturated heterocycles. The molecule has 5 heterocycles. The van der Waals surface area contributed by atoms with E-state index in [1.807, 2.05) is 44.6 Å². The third-order valence-corrected chi connectivity index (χ3v) is 16.9. The monoisotopic (exact) mass is 1180 g/mol. The number of anilines is 2. The summed E-state index contributed by atoms with van der Waals surface area (Å²) in [7, 11) is 5.21. The molecule has 4 atom stereocenters. The highest BCUT2D eigenvalue weighted by Gasteiger charge is 2.36. The Balaban J connectivity index is 0.670. The summed E-state index contributed by atoms with van der Waals surface area (Å²) in [6.07, 6.45) is 16.4. The van der Waals surface area contributed by atoms with Gasteiger partial charge in [-0.3, -0.25) is 43.5 Å². The molecule has 10 rings (SSSR count). The second kappa shape index (κ2) is 27.6. The minimum Gasteiger partial charge on any atom is -0.493 e. The quantitative estimate of drug-likeness (QED) is 0.0416. The van der Waals surface area contributed by atoms with E-state index < -0.39 is 29.8 Å². The first-order valence-electron chi connectivity index (χ1n) is 30.2. The molecule has 1 aliphatic carbocycles. The van der Waals surface area contributed by atoms with Crippen molar-refractivity contribution in [2.24, 2.45) is 21.8 Å². The molecule has 0 bridgehead atoms. The van der Waals surface area contributed by atoms with Crippen molar-refractivity contribution in [1.82, 2.24) is 25.3 Å². The Morgan fingerprint density at radius 1 is 0.609 bits per heavy atom. The molecule has 20 heteroatoms. The van der Waals surface area contributed by atoms with E-state index in [1.165, 1.54) is 32.1 Å². The molecule has 5 amide bonds. The Bertz CT molecular complexity index is 3420. The van der Waals surface area contributed by atoms with Crippen LogP contribution in [0.3, 0.4) is 0 Å². The number of likely N-dealkylation sites (N-methyl/N-ethyl adjacent to an activating group) is 1. The molecule has 87 heavy (non-hydrogen) atoms. The van der Waals surface area contributed by atoms with Crippen molar-refractivity contribution in [2.75, 3.05) is 70.9 Å². The van der Waals surface area contributed by atoms with Crippen LogP contribution >= 0.6 is 0 Å². The molecule has 0 aromatic heterocycles. The van der Waals surface area contributed by atoms with Crippen LogP contribution in [-0.4, -0.2) is 153 Å². The van der Waals surface area contributed by atoms with Gasteiger partial charge in [0.2, 0.25) is 17.7 Å². The molecular weight excluding hydrogens is 1110 g/mol. The van der Waals surface area contributed by atoms with Gasteiger partial charge >= 0.3 is 0 Å². The largest absolute Gasteiger partial charge is 0.493 e. The number of piperazine rings is 1. The zero-order valence-electron chi connectivity index (χ0n) is 50.3. The predicted octanol–water partition coefficient (Wildman–Crippen LogP) is 8.89. The molecule has 0 spiro atoms. The van der Waals surface area contributed by atoms with Crippen molar-refractivity contribution < 1.29 is 52.5 Å². The molecule has 456 valence electrons. The zero-order valence-corrected chi connectivity index (χ0v) is 50.3. The minimum atomic E-state index is -0.907. The summed E-state index contributed by atoms with van der Waals surface area (Å²) in [6, 6.07) is 20.3. The maximum absolute atomic E-state index is 14.2. The average Bonchev–Trinajstić information content (AvgIpc) is 2.73. The minimum absolute atomic E-state index is 0.120. The lowest BCUT2D eigenvalue weighted by molar-refractivity contribution is -0.131. The number of fused-ring (bicyclic) bond motifs is 4. The van der Waals surface area contributed by atoms with E-state index in [0.29, 0.717) is 83.3 Å². The van der Waals surface area contributed by atoms with Gasteiger partial charge in [0.1, 0.15) is 12.1 Å². The number of carbonyl (C=O) groups excluding carboxylic acids is 7. The Kier molecular flexibility index (Phi) is 19.4. The van der Waals surface area contributed by atoms with Crippen LogP contribution in [0.1, 0.15) is 117 Å². The molecule has 6 aliphatic rings. The number of carbonyl (C=O) groups is 7. The number of methoxy groups -OCH3 is 2. The maximum Gasteiger partial charge on any atom is 0.260 e. The normalized spacial score (nSPS) is 18.7. The smallest absolute Gasteiger partial charge is 0.260 e. The molecule has 1 fully saturated rings. The predicted molar refractivity (Wildman–Crippen MR) is 334 cm³/mol. The Morgan fingerprint density at radius 3 is 1.66 bits per heavy atom. The van der Waals surface area contributed by atoms with Gasteiger partial charge in [0.25, 0.3) is 11.8 Å². The first kappa shape index (κ1) is 61.2. The van der Waals surface area contributed by atoms with E-state index in [4.69, 9.17) is 28.9 Å². The average molecular weight is 1180 g/mol. The van der Waals surface area contributed by atoms with Crippen molar-refractivity contribution >= 4 is 87.4 Å². The number of allylic oxidation sites excluding steroid dienone is 2. The molecule has 1 unspecified atom stereocenters. The number of ketones is 2. The van der Waals surface area contributed by atoms with Crippen molar-refractivity contribution in [1.29, 1.82) is 0 Å². The van der Waals surface area contributed by atoms with Gasteiger partial charge in [0.05, 0.1) is 67.9 Å². The Hall–Kier alpha value is -8.91. The zero-order chi connectivity index (χ0) is 61.3. The molecule has 3 N–H and O–H groups in total.